The van der Waals surface area contributed by atoms with Gasteiger partial charge in [0.05, 0.1) is 15.6 Å². The monoisotopic (exact) mass is 405 g/mol. The number of hydrogen-bond donors (Lipinski definition) is 0. The van der Waals surface area contributed by atoms with E-state index < -0.39 is 4.92 Å². The van der Waals surface area contributed by atoms with Gasteiger partial charge in [0.15, 0.2) is 0 Å². The Hall–Kier alpha value is -3.12. The Labute approximate surface area is 157 Å². The summed E-state index contributed by atoms with van der Waals surface area (Å²) in [6, 6.07) is 21.1. The molecule has 0 aliphatic carbocycles. The van der Waals surface area contributed by atoms with Crippen LogP contribution in [0.4, 0.5) is 5.69 Å². The highest BCUT2D eigenvalue weighted by atomic mass is 79.9. The number of rotatable bonds is 3. The number of nitrogens with zero attached hydrogens (tertiary/aromatic N) is 3. The normalized spacial score (nSPS) is 10.8. The number of halogens is 1. The van der Waals surface area contributed by atoms with E-state index in [0.717, 1.165) is 27.5 Å². The molecule has 0 N–H and O–H groups in total. The van der Waals surface area contributed by atoms with Crippen LogP contribution in [0.1, 0.15) is 0 Å². The minimum absolute atomic E-state index is 0.0203. The van der Waals surface area contributed by atoms with Gasteiger partial charge in [0.2, 0.25) is 0 Å². The van der Waals surface area contributed by atoms with Crippen LogP contribution in [0, 0.1) is 10.1 Å². The van der Waals surface area contributed by atoms with Crippen LogP contribution in [0.5, 0.6) is 0 Å². The summed E-state index contributed by atoms with van der Waals surface area (Å²) in [7, 11) is 0. The fraction of sp³-hybridized carbons (Fsp3) is 0. The lowest BCUT2D eigenvalue weighted by atomic mass is 9.99. The van der Waals surface area contributed by atoms with E-state index in [1.54, 1.807) is 18.3 Å². The molecule has 0 bridgehead atoms. The Morgan fingerprint density at radius 3 is 2.38 bits per heavy atom. The quantitative estimate of drug-likeness (QED) is 0.326. The predicted octanol–water partition coefficient (Wildman–Crippen LogP) is 5.63. The molecule has 4 aromatic rings. The van der Waals surface area contributed by atoms with Gasteiger partial charge < -0.3 is 0 Å². The lowest BCUT2D eigenvalue weighted by molar-refractivity contribution is -0.385. The van der Waals surface area contributed by atoms with Crippen molar-refractivity contribution in [1.29, 1.82) is 0 Å². The SMILES string of the molecule is O=[N+]([O-])c1ccc(-c2nncc3ccc(-c4ccccc4)cc23)cc1Br. The van der Waals surface area contributed by atoms with Crippen LogP contribution in [-0.2, 0) is 0 Å². The maximum Gasteiger partial charge on any atom is 0.283 e. The highest BCUT2D eigenvalue weighted by molar-refractivity contribution is 9.10. The average Bonchev–Trinajstić information content (AvgIpc) is 2.67. The molecule has 0 spiro atoms. The highest BCUT2D eigenvalue weighted by Crippen LogP contribution is 2.34. The van der Waals surface area contributed by atoms with Crippen LogP contribution < -0.4 is 0 Å². The Morgan fingerprint density at radius 2 is 1.65 bits per heavy atom. The van der Waals surface area contributed by atoms with Crippen molar-refractivity contribution >= 4 is 32.4 Å². The maximum atomic E-state index is 11.0. The molecule has 0 unspecified atom stereocenters. The van der Waals surface area contributed by atoms with E-state index in [1.165, 1.54) is 6.07 Å². The molecule has 126 valence electrons. The second-order valence-corrected chi connectivity index (χ2v) is 6.64. The van der Waals surface area contributed by atoms with Crippen LogP contribution in [0.25, 0.3) is 33.2 Å². The number of nitro benzene ring substituents is 1. The van der Waals surface area contributed by atoms with Gasteiger partial charge in [0, 0.05) is 22.4 Å². The number of hydrogen-bond acceptors (Lipinski definition) is 4. The lowest BCUT2D eigenvalue weighted by Crippen LogP contribution is -1.93. The first kappa shape index (κ1) is 16.4. The second-order valence-electron chi connectivity index (χ2n) is 5.78. The van der Waals surface area contributed by atoms with E-state index in [9.17, 15) is 10.1 Å². The van der Waals surface area contributed by atoms with E-state index in [0.29, 0.717) is 10.2 Å². The fourth-order valence-corrected chi connectivity index (χ4v) is 3.43. The summed E-state index contributed by atoms with van der Waals surface area (Å²) in [4.78, 5) is 10.6. The van der Waals surface area contributed by atoms with Crippen molar-refractivity contribution in [2.24, 2.45) is 0 Å². The first-order valence-electron chi connectivity index (χ1n) is 7.88. The summed E-state index contributed by atoms with van der Waals surface area (Å²) < 4.78 is 0.415. The van der Waals surface area contributed by atoms with Crippen molar-refractivity contribution in [3.8, 4) is 22.4 Å². The molecule has 3 aromatic carbocycles. The van der Waals surface area contributed by atoms with Crippen molar-refractivity contribution in [2.75, 3.05) is 0 Å². The molecule has 6 heteroatoms. The third-order valence-corrected chi connectivity index (χ3v) is 4.82. The minimum atomic E-state index is -0.420. The van der Waals surface area contributed by atoms with E-state index in [-0.39, 0.29) is 5.69 Å². The Balaban J connectivity index is 1.90. The van der Waals surface area contributed by atoms with Gasteiger partial charge in [-0.05, 0) is 45.3 Å². The summed E-state index contributed by atoms with van der Waals surface area (Å²) in [5.74, 6) is 0. The molecule has 5 nitrogen and oxygen atoms in total. The Kier molecular flexibility index (Phi) is 4.18. The van der Waals surface area contributed by atoms with Crippen molar-refractivity contribution in [3.63, 3.8) is 0 Å². The van der Waals surface area contributed by atoms with Gasteiger partial charge in [-0.2, -0.15) is 5.10 Å². The molecule has 0 saturated carbocycles. The van der Waals surface area contributed by atoms with E-state index in [1.807, 2.05) is 24.3 Å². The molecule has 0 aliphatic heterocycles. The topological polar surface area (TPSA) is 68.9 Å². The molecule has 1 aromatic heterocycles. The second kappa shape index (κ2) is 6.65. The third kappa shape index (κ3) is 2.95. The van der Waals surface area contributed by atoms with Crippen LogP contribution in [0.2, 0.25) is 0 Å². The summed E-state index contributed by atoms with van der Waals surface area (Å²) in [6.45, 7) is 0. The molecule has 0 fully saturated rings. The summed E-state index contributed by atoms with van der Waals surface area (Å²) in [6.07, 6.45) is 1.72. The molecule has 0 saturated heterocycles. The molecule has 0 radical (unpaired) electrons. The highest BCUT2D eigenvalue weighted by Gasteiger charge is 2.15. The molecular weight excluding hydrogens is 394 g/mol. The van der Waals surface area contributed by atoms with Crippen molar-refractivity contribution < 1.29 is 4.92 Å². The van der Waals surface area contributed by atoms with Crippen LogP contribution in [-0.4, -0.2) is 15.1 Å². The maximum absolute atomic E-state index is 11.0. The van der Waals surface area contributed by atoms with E-state index in [2.05, 4.69) is 50.4 Å². The molecule has 1 heterocycles. The number of fused-ring (bicyclic) bond motifs is 1. The van der Waals surface area contributed by atoms with Crippen LogP contribution in [0.15, 0.2) is 77.4 Å². The molecule has 0 amide bonds. The van der Waals surface area contributed by atoms with E-state index >= 15 is 0 Å². The Bertz CT molecular complexity index is 1130. The van der Waals surface area contributed by atoms with Gasteiger partial charge in [0.1, 0.15) is 5.69 Å². The standard InChI is InChI=1S/C20H12BrN3O2/c21-18-11-15(8-9-19(18)24(25)26)20-17-10-14(13-4-2-1-3-5-13)6-7-16(17)12-22-23-20/h1-12H. The smallest absolute Gasteiger partial charge is 0.258 e. The molecular formula is C20H12BrN3O2. The van der Waals surface area contributed by atoms with Gasteiger partial charge in [0.25, 0.3) is 5.69 Å². The van der Waals surface area contributed by atoms with Gasteiger partial charge in [-0.25, -0.2) is 0 Å². The lowest BCUT2D eigenvalue weighted by Gasteiger charge is -2.08. The summed E-state index contributed by atoms with van der Waals surface area (Å²) in [5.41, 5.74) is 3.67. The summed E-state index contributed by atoms with van der Waals surface area (Å²) in [5, 5.41) is 21.3. The zero-order valence-corrected chi connectivity index (χ0v) is 15.1. The first-order chi connectivity index (χ1) is 12.6. The van der Waals surface area contributed by atoms with Gasteiger partial charge in [-0.15, -0.1) is 5.10 Å². The van der Waals surface area contributed by atoms with Gasteiger partial charge in [-0.3, -0.25) is 10.1 Å². The van der Waals surface area contributed by atoms with Crippen molar-refractivity contribution in [2.45, 2.75) is 0 Å². The first-order valence-corrected chi connectivity index (χ1v) is 8.68. The number of benzene rings is 3. The number of nitro groups is 1. The minimum Gasteiger partial charge on any atom is -0.258 e. The van der Waals surface area contributed by atoms with Crippen molar-refractivity contribution in [3.05, 3.63) is 87.5 Å². The zero-order valence-electron chi connectivity index (χ0n) is 13.5. The predicted molar refractivity (Wildman–Crippen MR) is 105 cm³/mol. The molecule has 26 heavy (non-hydrogen) atoms. The Morgan fingerprint density at radius 1 is 0.885 bits per heavy atom. The average molecular weight is 406 g/mol. The third-order valence-electron chi connectivity index (χ3n) is 4.19. The zero-order chi connectivity index (χ0) is 18.1. The fourth-order valence-electron chi connectivity index (χ4n) is 2.90. The summed E-state index contributed by atoms with van der Waals surface area (Å²) >= 11 is 3.27. The van der Waals surface area contributed by atoms with E-state index in [4.69, 9.17) is 0 Å². The molecule has 0 atom stereocenters. The van der Waals surface area contributed by atoms with Crippen LogP contribution in [0.3, 0.4) is 0 Å². The number of aromatic nitrogens is 2. The van der Waals surface area contributed by atoms with Gasteiger partial charge in [-0.1, -0.05) is 42.5 Å². The van der Waals surface area contributed by atoms with Crippen molar-refractivity contribution in [1.82, 2.24) is 10.2 Å². The molecule has 4 rings (SSSR count). The largest absolute Gasteiger partial charge is 0.283 e. The molecule has 0 aliphatic rings. The van der Waals surface area contributed by atoms with Gasteiger partial charge >= 0.3 is 0 Å². The van der Waals surface area contributed by atoms with Crippen LogP contribution >= 0.6 is 15.9 Å².